The van der Waals surface area contributed by atoms with E-state index in [0.29, 0.717) is 17.6 Å². The van der Waals surface area contributed by atoms with Crippen LogP contribution in [0, 0.1) is 0 Å². The van der Waals surface area contributed by atoms with E-state index in [9.17, 15) is 5.11 Å². The van der Waals surface area contributed by atoms with Gasteiger partial charge in [-0.2, -0.15) is 0 Å². The first-order valence-corrected chi connectivity index (χ1v) is 6.50. The first-order chi connectivity index (χ1) is 9.36. The molecule has 100 valence electrons. The van der Waals surface area contributed by atoms with Gasteiger partial charge in [0.1, 0.15) is 5.75 Å². The summed E-state index contributed by atoms with van der Waals surface area (Å²) >= 11 is 0. The van der Waals surface area contributed by atoms with Crippen molar-refractivity contribution in [2.45, 2.75) is 38.4 Å². The molecule has 1 aromatic heterocycles. The second-order valence-electron chi connectivity index (χ2n) is 4.72. The number of hydrogen-bond donors (Lipinski definition) is 1. The molecule has 1 aromatic carbocycles. The quantitative estimate of drug-likeness (QED) is 0.894. The van der Waals surface area contributed by atoms with Gasteiger partial charge in [-0.25, -0.2) is 0 Å². The van der Waals surface area contributed by atoms with E-state index in [2.05, 4.69) is 10.2 Å². The standard InChI is InChI=1S/C14H16N2O3/c17-8-11-4-1-2-7-12(11)18-9-13-15-16-14(19-13)10-5-3-6-10/h1-2,4,7,10,17H,3,5-6,8-9H2. The van der Waals surface area contributed by atoms with Crippen LogP contribution in [0.2, 0.25) is 0 Å². The number of rotatable bonds is 5. The average Bonchev–Trinajstić information content (AvgIpc) is 2.83. The minimum absolute atomic E-state index is 0.0483. The van der Waals surface area contributed by atoms with Gasteiger partial charge in [-0.1, -0.05) is 24.6 Å². The molecule has 5 nitrogen and oxygen atoms in total. The van der Waals surface area contributed by atoms with Gasteiger partial charge < -0.3 is 14.3 Å². The molecule has 19 heavy (non-hydrogen) atoms. The fraction of sp³-hybridized carbons (Fsp3) is 0.429. The largest absolute Gasteiger partial charge is 0.483 e. The van der Waals surface area contributed by atoms with E-state index >= 15 is 0 Å². The summed E-state index contributed by atoms with van der Waals surface area (Å²) in [6, 6.07) is 7.36. The smallest absolute Gasteiger partial charge is 0.253 e. The Morgan fingerprint density at radius 3 is 2.84 bits per heavy atom. The third-order valence-corrected chi connectivity index (χ3v) is 3.43. The van der Waals surface area contributed by atoms with E-state index in [-0.39, 0.29) is 13.2 Å². The zero-order valence-corrected chi connectivity index (χ0v) is 10.6. The number of hydrogen-bond acceptors (Lipinski definition) is 5. The first kappa shape index (κ1) is 12.2. The molecule has 0 atom stereocenters. The van der Waals surface area contributed by atoms with Gasteiger partial charge in [0.2, 0.25) is 5.89 Å². The van der Waals surface area contributed by atoms with Crippen molar-refractivity contribution in [3.8, 4) is 5.75 Å². The minimum atomic E-state index is -0.0483. The maximum atomic E-state index is 9.20. The van der Waals surface area contributed by atoms with Gasteiger partial charge in [-0.05, 0) is 18.9 Å². The predicted molar refractivity (Wildman–Crippen MR) is 67.6 cm³/mol. The Kier molecular flexibility index (Phi) is 3.46. The van der Waals surface area contributed by atoms with Gasteiger partial charge in [-0.3, -0.25) is 0 Å². The Morgan fingerprint density at radius 2 is 2.11 bits per heavy atom. The Hall–Kier alpha value is -1.88. The van der Waals surface area contributed by atoms with Crippen LogP contribution in [0.4, 0.5) is 0 Å². The molecule has 0 spiro atoms. The van der Waals surface area contributed by atoms with Gasteiger partial charge in [0.05, 0.1) is 6.61 Å². The van der Waals surface area contributed by atoms with Crippen molar-refractivity contribution in [2.75, 3.05) is 0 Å². The lowest BCUT2D eigenvalue weighted by Gasteiger charge is -2.20. The number of benzene rings is 1. The first-order valence-electron chi connectivity index (χ1n) is 6.50. The van der Waals surface area contributed by atoms with Crippen LogP contribution in [0.5, 0.6) is 5.75 Å². The highest BCUT2D eigenvalue weighted by Crippen LogP contribution is 2.35. The monoisotopic (exact) mass is 260 g/mol. The molecule has 3 rings (SSSR count). The molecule has 0 bridgehead atoms. The van der Waals surface area contributed by atoms with Gasteiger partial charge >= 0.3 is 0 Å². The highest BCUT2D eigenvalue weighted by Gasteiger charge is 2.25. The predicted octanol–water partition coefficient (Wildman–Crippen LogP) is 2.41. The van der Waals surface area contributed by atoms with E-state index < -0.39 is 0 Å². The lowest BCUT2D eigenvalue weighted by atomic mass is 9.85. The summed E-state index contributed by atoms with van der Waals surface area (Å²) in [5.74, 6) is 2.29. The van der Waals surface area contributed by atoms with Crippen LogP contribution in [0.1, 0.15) is 42.5 Å². The Morgan fingerprint density at radius 1 is 1.26 bits per heavy atom. The van der Waals surface area contributed by atoms with E-state index in [1.165, 1.54) is 6.42 Å². The summed E-state index contributed by atoms with van der Waals surface area (Å²) in [6.07, 6.45) is 3.51. The zero-order valence-electron chi connectivity index (χ0n) is 10.6. The number of nitrogens with zero attached hydrogens (tertiary/aromatic N) is 2. The molecule has 1 heterocycles. The third kappa shape index (κ3) is 2.61. The molecule has 1 fully saturated rings. The maximum absolute atomic E-state index is 9.20. The molecule has 2 aromatic rings. The van der Waals surface area contributed by atoms with Crippen LogP contribution in [-0.4, -0.2) is 15.3 Å². The van der Waals surface area contributed by atoms with Crippen molar-refractivity contribution in [1.82, 2.24) is 10.2 Å². The van der Waals surface area contributed by atoms with Crippen molar-refractivity contribution < 1.29 is 14.3 Å². The molecule has 1 aliphatic rings. The highest BCUT2D eigenvalue weighted by atomic mass is 16.5. The fourth-order valence-electron chi connectivity index (χ4n) is 2.06. The number of para-hydroxylation sites is 1. The number of aliphatic hydroxyl groups is 1. The summed E-state index contributed by atoms with van der Waals surface area (Å²) in [5, 5.41) is 17.2. The van der Waals surface area contributed by atoms with Gasteiger partial charge in [0.15, 0.2) is 6.61 Å². The second-order valence-corrected chi connectivity index (χ2v) is 4.72. The molecule has 1 N–H and O–H groups in total. The van der Waals surface area contributed by atoms with Crippen LogP contribution in [0.15, 0.2) is 28.7 Å². The molecule has 0 aliphatic heterocycles. The SMILES string of the molecule is OCc1ccccc1OCc1nnc(C2CCC2)o1. The van der Waals surface area contributed by atoms with Gasteiger partial charge in [0, 0.05) is 11.5 Å². The molecule has 0 unspecified atom stereocenters. The molecule has 1 saturated carbocycles. The summed E-state index contributed by atoms with van der Waals surface area (Å²) in [5.41, 5.74) is 0.751. The number of aromatic nitrogens is 2. The average molecular weight is 260 g/mol. The Bertz CT molecular complexity index is 549. The van der Waals surface area contributed by atoms with Crippen LogP contribution in [0.25, 0.3) is 0 Å². The molecular formula is C14H16N2O3. The van der Waals surface area contributed by atoms with E-state index in [0.717, 1.165) is 24.3 Å². The fourth-order valence-corrected chi connectivity index (χ4v) is 2.06. The van der Waals surface area contributed by atoms with Crippen molar-refractivity contribution in [3.05, 3.63) is 41.6 Å². The lowest BCUT2D eigenvalue weighted by Crippen LogP contribution is -2.08. The van der Waals surface area contributed by atoms with E-state index in [4.69, 9.17) is 9.15 Å². The van der Waals surface area contributed by atoms with Gasteiger partial charge in [-0.15, -0.1) is 10.2 Å². The summed E-state index contributed by atoms with van der Waals surface area (Å²) in [6.45, 7) is 0.185. The van der Waals surface area contributed by atoms with Crippen molar-refractivity contribution >= 4 is 0 Å². The molecular weight excluding hydrogens is 244 g/mol. The van der Waals surface area contributed by atoms with Crippen molar-refractivity contribution in [2.24, 2.45) is 0 Å². The Balaban J connectivity index is 1.63. The normalized spacial score (nSPS) is 15.2. The van der Waals surface area contributed by atoms with Crippen LogP contribution < -0.4 is 4.74 Å². The number of ether oxygens (including phenoxy) is 1. The molecule has 1 aliphatic carbocycles. The van der Waals surface area contributed by atoms with Gasteiger partial charge in [0.25, 0.3) is 5.89 Å². The summed E-state index contributed by atoms with van der Waals surface area (Å²) in [7, 11) is 0. The lowest BCUT2D eigenvalue weighted by molar-refractivity contribution is 0.233. The molecule has 5 heteroatoms. The van der Waals surface area contributed by atoms with Crippen LogP contribution in [0.3, 0.4) is 0 Å². The maximum Gasteiger partial charge on any atom is 0.253 e. The topological polar surface area (TPSA) is 68.4 Å². The van der Waals surface area contributed by atoms with Crippen molar-refractivity contribution in [3.63, 3.8) is 0 Å². The second kappa shape index (κ2) is 5.40. The third-order valence-electron chi connectivity index (χ3n) is 3.43. The van der Waals surface area contributed by atoms with Crippen LogP contribution in [-0.2, 0) is 13.2 Å². The van der Waals surface area contributed by atoms with E-state index in [1.807, 2.05) is 24.3 Å². The zero-order chi connectivity index (χ0) is 13.1. The molecule has 0 radical (unpaired) electrons. The minimum Gasteiger partial charge on any atom is -0.483 e. The highest BCUT2D eigenvalue weighted by molar-refractivity contribution is 5.32. The van der Waals surface area contributed by atoms with Crippen LogP contribution >= 0.6 is 0 Å². The van der Waals surface area contributed by atoms with Crippen molar-refractivity contribution in [1.29, 1.82) is 0 Å². The Labute approximate surface area is 111 Å². The number of aliphatic hydroxyl groups excluding tert-OH is 1. The summed E-state index contributed by atoms with van der Waals surface area (Å²) in [4.78, 5) is 0. The summed E-state index contributed by atoms with van der Waals surface area (Å²) < 4.78 is 11.2. The molecule has 0 amide bonds. The van der Waals surface area contributed by atoms with E-state index in [1.54, 1.807) is 0 Å². The molecule has 0 saturated heterocycles.